The molecule has 1 amide bonds. The van der Waals surface area contributed by atoms with E-state index < -0.39 is 0 Å². The molecule has 0 bridgehead atoms. The van der Waals surface area contributed by atoms with Gasteiger partial charge < -0.3 is 5.32 Å². The van der Waals surface area contributed by atoms with Gasteiger partial charge in [-0.2, -0.15) is 0 Å². The number of hydrogen-bond donors (Lipinski definition) is 1. The first-order valence-corrected chi connectivity index (χ1v) is 11.4. The first-order chi connectivity index (χ1) is 14.0. The minimum absolute atomic E-state index is 0.134. The summed E-state index contributed by atoms with van der Waals surface area (Å²) < 4.78 is 0.989. The van der Waals surface area contributed by atoms with Crippen LogP contribution in [0.25, 0.3) is 6.08 Å². The van der Waals surface area contributed by atoms with E-state index in [4.69, 9.17) is 11.6 Å². The highest BCUT2D eigenvalue weighted by atomic mass is 79.9. The second kappa shape index (κ2) is 9.22. The van der Waals surface area contributed by atoms with E-state index in [-0.39, 0.29) is 5.91 Å². The van der Waals surface area contributed by atoms with Gasteiger partial charge in [0.15, 0.2) is 5.17 Å². The van der Waals surface area contributed by atoms with Crippen LogP contribution in [0.1, 0.15) is 5.56 Å². The number of nitrogens with zero attached hydrogens (tertiary/aromatic N) is 1. The lowest BCUT2D eigenvalue weighted by atomic mass is 10.2. The third-order valence-electron chi connectivity index (χ3n) is 3.94. The van der Waals surface area contributed by atoms with Crippen molar-refractivity contribution < 1.29 is 4.79 Å². The van der Waals surface area contributed by atoms with E-state index in [1.54, 1.807) is 11.8 Å². The van der Waals surface area contributed by atoms with Crippen molar-refractivity contribution in [3.63, 3.8) is 0 Å². The minimum Gasteiger partial charge on any atom is -0.300 e. The average Bonchev–Trinajstić information content (AvgIpc) is 3.06. The lowest BCUT2D eigenvalue weighted by Crippen LogP contribution is -2.19. The van der Waals surface area contributed by atoms with Crippen molar-refractivity contribution in [2.24, 2.45) is 4.99 Å². The molecule has 0 saturated carbocycles. The highest BCUT2D eigenvalue weighted by molar-refractivity contribution is 9.10. The second-order valence-electron chi connectivity index (χ2n) is 6.08. The number of rotatable bonds is 4. The van der Waals surface area contributed by atoms with E-state index in [0.717, 1.165) is 30.5 Å². The number of nitrogens with one attached hydrogen (secondary N) is 1. The fourth-order valence-corrected chi connectivity index (χ4v) is 4.58. The first kappa shape index (κ1) is 20.3. The minimum atomic E-state index is -0.134. The molecule has 1 saturated heterocycles. The van der Waals surface area contributed by atoms with Crippen molar-refractivity contribution in [3.8, 4) is 0 Å². The molecular formula is C22H14BrClN2OS2. The quantitative estimate of drug-likeness (QED) is 0.386. The predicted molar refractivity (Wildman–Crippen MR) is 127 cm³/mol. The molecule has 4 rings (SSSR count). The van der Waals surface area contributed by atoms with Crippen LogP contribution in [0.5, 0.6) is 0 Å². The Morgan fingerprint density at radius 2 is 1.55 bits per heavy atom. The molecule has 0 atom stereocenters. The molecule has 0 aliphatic carbocycles. The maximum atomic E-state index is 12.3. The maximum Gasteiger partial charge on any atom is 0.264 e. The molecule has 3 aromatic carbocycles. The Balaban J connectivity index is 1.45. The molecule has 1 aliphatic heterocycles. The smallest absolute Gasteiger partial charge is 0.264 e. The van der Waals surface area contributed by atoms with Crippen LogP contribution in [0.15, 0.2) is 97.0 Å². The van der Waals surface area contributed by atoms with E-state index in [2.05, 4.69) is 26.2 Å². The van der Waals surface area contributed by atoms with E-state index in [9.17, 15) is 4.79 Å². The van der Waals surface area contributed by atoms with Crippen LogP contribution in [-0.2, 0) is 4.79 Å². The van der Waals surface area contributed by atoms with Crippen LogP contribution in [0.4, 0.5) is 5.69 Å². The van der Waals surface area contributed by atoms with Crippen molar-refractivity contribution >= 4 is 73.9 Å². The molecule has 1 aliphatic rings. The van der Waals surface area contributed by atoms with Crippen LogP contribution >= 0.6 is 51.1 Å². The molecule has 0 radical (unpaired) electrons. The Hall–Kier alpha value is -1.99. The molecule has 0 aromatic heterocycles. The summed E-state index contributed by atoms with van der Waals surface area (Å²) in [5.41, 5.74) is 1.76. The number of halogens is 2. The third-order valence-corrected chi connectivity index (χ3v) is 6.64. The second-order valence-corrected chi connectivity index (χ2v) is 9.61. The standard InChI is InChI=1S/C22H14BrClN2OS2/c23-15-3-7-17(8-4-15)25-22-26-21(27)20(29-22)13-14-1-9-18(10-2-14)28-19-11-5-16(24)6-12-19/h1-13H,(H,25,26,27)/b20-13-. The molecule has 3 nitrogen and oxygen atoms in total. The van der Waals surface area contributed by atoms with Gasteiger partial charge in [-0.15, -0.1) is 0 Å². The summed E-state index contributed by atoms with van der Waals surface area (Å²) in [6, 6.07) is 23.5. The largest absolute Gasteiger partial charge is 0.300 e. The van der Waals surface area contributed by atoms with Crippen molar-refractivity contribution in [2.75, 3.05) is 0 Å². The maximum absolute atomic E-state index is 12.3. The zero-order chi connectivity index (χ0) is 20.2. The van der Waals surface area contributed by atoms with Gasteiger partial charge >= 0.3 is 0 Å². The molecule has 1 fully saturated rings. The van der Waals surface area contributed by atoms with Gasteiger partial charge in [0.1, 0.15) is 0 Å². The Morgan fingerprint density at radius 3 is 2.21 bits per heavy atom. The third kappa shape index (κ3) is 5.54. The van der Waals surface area contributed by atoms with Crippen LogP contribution < -0.4 is 5.32 Å². The number of carbonyl (C=O) groups is 1. The normalized spacial score (nSPS) is 16.4. The topological polar surface area (TPSA) is 41.5 Å². The number of benzene rings is 3. The molecule has 7 heteroatoms. The SMILES string of the molecule is O=C1NC(=Nc2ccc(Br)cc2)S/C1=C\c1ccc(Sc2ccc(Cl)cc2)cc1. The number of thioether (sulfide) groups is 1. The van der Waals surface area contributed by atoms with E-state index in [1.165, 1.54) is 11.8 Å². The van der Waals surface area contributed by atoms with E-state index in [1.807, 2.05) is 78.9 Å². The number of hydrogen-bond acceptors (Lipinski definition) is 4. The summed E-state index contributed by atoms with van der Waals surface area (Å²) in [5.74, 6) is -0.134. The monoisotopic (exact) mass is 500 g/mol. The lowest BCUT2D eigenvalue weighted by Gasteiger charge is -2.03. The fraction of sp³-hybridized carbons (Fsp3) is 0. The van der Waals surface area contributed by atoms with Gasteiger partial charge in [0.25, 0.3) is 5.91 Å². The summed E-state index contributed by atoms with van der Waals surface area (Å²) in [7, 11) is 0. The summed E-state index contributed by atoms with van der Waals surface area (Å²) in [6.07, 6.45) is 1.88. The van der Waals surface area contributed by atoms with Crippen molar-refractivity contribution in [2.45, 2.75) is 9.79 Å². The fourth-order valence-electron chi connectivity index (χ4n) is 2.54. The molecule has 144 valence electrons. The van der Waals surface area contributed by atoms with Crippen molar-refractivity contribution in [3.05, 3.63) is 92.8 Å². The van der Waals surface area contributed by atoms with Gasteiger partial charge in [-0.25, -0.2) is 4.99 Å². The average molecular weight is 502 g/mol. The summed E-state index contributed by atoms with van der Waals surface area (Å²) >= 11 is 12.3. The summed E-state index contributed by atoms with van der Waals surface area (Å²) in [4.78, 5) is 19.6. The van der Waals surface area contributed by atoms with Gasteiger partial charge in [0.2, 0.25) is 0 Å². The zero-order valence-corrected chi connectivity index (χ0v) is 18.9. The Kier molecular flexibility index (Phi) is 6.45. The summed E-state index contributed by atoms with van der Waals surface area (Å²) in [6.45, 7) is 0. The van der Waals surface area contributed by atoms with Gasteiger partial charge in [0, 0.05) is 19.3 Å². The number of aliphatic imine (C=N–C) groups is 1. The van der Waals surface area contributed by atoms with Crippen molar-refractivity contribution in [1.82, 2.24) is 5.32 Å². The lowest BCUT2D eigenvalue weighted by molar-refractivity contribution is -0.115. The Bertz CT molecular complexity index is 1100. The molecule has 1 N–H and O–H groups in total. The summed E-state index contributed by atoms with van der Waals surface area (Å²) in [5, 5.41) is 4.13. The first-order valence-electron chi connectivity index (χ1n) is 8.64. The molecule has 0 spiro atoms. The van der Waals surface area contributed by atoms with Crippen LogP contribution in [0, 0.1) is 0 Å². The van der Waals surface area contributed by atoms with E-state index in [0.29, 0.717) is 10.1 Å². The highest BCUT2D eigenvalue weighted by Gasteiger charge is 2.23. The van der Waals surface area contributed by atoms with Crippen LogP contribution in [-0.4, -0.2) is 11.1 Å². The molecule has 3 aromatic rings. The van der Waals surface area contributed by atoms with Crippen molar-refractivity contribution in [1.29, 1.82) is 0 Å². The molecule has 29 heavy (non-hydrogen) atoms. The van der Waals surface area contributed by atoms with Gasteiger partial charge in [0.05, 0.1) is 10.6 Å². The number of amides is 1. The van der Waals surface area contributed by atoms with Gasteiger partial charge in [-0.3, -0.25) is 4.79 Å². The highest BCUT2D eigenvalue weighted by Crippen LogP contribution is 2.31. The van der Waals surface area contributed by atoms with Gasteiger partial charge in [-0.05, 0) is 84.1 Å². The molecule has 0 unspecified atom stereocenters. The Morgan fingerprint density at radius 1 is 0.931 bits per heavy atom. The van der Waals surface area contributed by atoms with Crippen LogP contribution in [0.2, 0.25) is 5.02 Å². The van der Waals surface area contributed by atoms with Crippen LogP contribution in [0.3, 0.4) is 0 Å². The van der Waals surface area contributed by atoms with Gasteiger partial charge in [-0.1, -0.05) is 51.4 Å². The number of carbonyl (C=O) groups excluding carboxylic acids is 1. The Labute approximate surface area is 190 Å². The van der Waals surface area contributed by atoms with E-state index >= 15 is 0 Å². The predicted octanol–water partition coefficient (Wildman–Crippen LogP) is 7.15. The zero-order valence-electron chi connectivity index (χ0n) is 14.9. The molecular weight excluding hydrogens is 488 g/mol. The number of amidine groups is 1. The molecule has 1 heterocycles.